The molecule has 0 aliphatic rings. The molecule has 4 heteroatoms. The van der Waals surface area contributed by atoms with Crippen molar-refractivity contribution in [2.45, 2.75) is 59.0 Å². The van der Waals surface area contributed by atoms with Gasteiger partial charge < -0.3 is 10.1 Å². The van der Waals surface area contributed by atoms with Gasteiger partial charge in [-0.15, -0.1) is 0 Å². The number of carbonyl (C=O) groups is 1. The number of methoxy groups -OCH3 is 1. The lowest BCUT2D eigenvalue weighted by Gasteiger charge is -2.30. The Hall–Kier alpha value is -2.07. The lowest BCUT2D eigenvalue weighted by atomic mass is 9.97. The molecule has 0 fully saturated rings. The van der Waals surface area contributed by atoms with Gasteiger partial charge in [0.25, 0.3) is 0 Å². The lowest BCUT2D eigenvalue weighted by molar-refractivity contribution is -0.122. The number of ether oxygens (including phenoxy) is 1. The van der Waals surface area contributed by atoms with Gasteiger partial charge >= 0.3 is 0 Å². The first-order valence-corrected chi connectivity index (χ1v) is 9.94. The molecule has 0 radical (unpaired) electrons. The van der Waals surface area contributed by atoms with E-state index in [0.29, 0.717) is 18.6 Å². The second-order valence-corrected chi connectivity index (χ2v) is 7.76. The first-order valence-electron chi connectivity index (χ1n) is 9.94. The van der Waals surface area contributed by atoms with Crippen LogP contribution < -0.4 is 10.1 Å². The van der Waals surface area contributed by atoms with Crippen LogP contribution >= 0.6 is 0 Å². The number of nitrogens with one attached hydrogen (secondary N) is 1. The minimum absolute atomic E-state index is 0.0866. The van der Waals surface area contributed by atoms with E-state index in [9.17, 15) is 4.79 Å². The fourth-order valence-corrected chi connectivity index (χ4v) is 3.53. The van der Waals surface area contributed by atoms with Gasteiger partial charge in [0.15, 0.2) is 0 Å². The molecule has 2 rings (SSSR count). The third-order valence-electron chi connectivity index (χ3n) is 5.18. The van der Waals surface area contributed by atoms with Gasteiger partial charge in [-0.2, -0.15) is 0 Å². The van der Waals surface area contributed by atoms with E-state index in [1.165, 1.54) is 0 Å². The number of carbonyl (C=O) groups excluding carboxylic acids is 1. The molecule has 0 aliphatic carbocycles. The summed E-state index contributed by atoms with van der Waals surface area (Å²) in [4.78, 5) is 15.0. The average Bonchev–Trinajstić information content (AvgIpc) is 2.65. The molecule has 0 spiro atoms. The van der Waals surface area contributed by atoms with E-state index in [0.717, 1.165) is 35.1 Å². The fraction of sp³-hybridized carbons (Fsp3) is 0.522. The maximum absolute atomic E-state index is 12.5. The van der Waals surface area contributed by atoms with Crippen molar-refractivity contribution in [2.24, 2.45) is 0 Å². The summed E-state index contributed by atoms with van der Waals surface area (Å²) < 4.78 is 5.27. The molecule has 148 valence electrons. The van der Waals surface area contributed by atoms with Crippen molar-refractivity contribution in [3.05, 3.63) is 42.0 Å². The topological polar surface area (TPSA) is 41.6 Å². The highest BCUT2D eigenvalue weighted by atomic mass is 16.5. The van der Waals surface area contributed by atoms with Crippen molar-refractivity contribution >= 4 is 16.7 Å². The summed E-state index contributed by atoms with van der Waals surface area (Å²) in [5, 5.41) is 5.34. The normalized spacial score (nSPS) is 12.8. The molecule has 1 amide bonds. The van der Waals surface area contributed by atoms with E-state index < -0.39 is 0 Å². The predicted molar refractivity (Wildman–Crippen MR) is 114 cm³/mol. The molecule has 2 aromatic rings. The summed E-state index contributed by atoms with van der Waals surface area (Å²) in [7, 11) is 1.67. The van der Waals surface area contributed by atoms with Crippen LogP contribution in [0.1, 0.15) is 52.5 Å². The van der Waals surface area contributed by atoms with Crippen molar-refractivity contribution < 1.29 is 9.53 Å². The number of fused-ring (bicyclic) bond motifs is 1. The Bertz CT molecular complexity index is 747. The van der Waals surface area contributed by atoms with Crippen LogP contribution in [0.3, 0.4) is 0 Å². The van der Waals surface area contributed by atoms with E-state index in [4.69, 9.17) is 4.74 Å². The molecular formula is C23H34N2O2. The number of hydrogen-bond acceptors (Lipinski definition) is 3. The van der Waals surface area contributed by atoms with Crippen molar-refractivity contribution in [3.63, 3.8) is 0 Å². The van der Waals surface area contributed by atoms with Crippen LogP contribution in [0.4, 0.5) is 0 Å². The number of nitrogens with zero attached hydrogens (tertiary/aromatic N) is 1. The van der Waals surface area contributed by atoms with Crippen molar-refractivity contribution in [1.82, 2.24) is 10.2 Å². The van der Waals surface area contributed by atoms with Crippen molar-refractivity contribution in [1.29, 1.82) is 0 Å². The summed E-state index contributed by atoms with van der Waals surface area (Å²) in [5.74, 6) is 0.768. The summed E-state index contributed by atoms with van der Waals surface area (Å²) in [6, 6.07) is 13.2. The Balaban J connectivity index is 1.92. The SMILES string of the molecule is COc1ccc2cc(C(C)C(=O)NCCCN(C(C)C)C(C)C)ccc2c1. The van der Waals surface area contributed by atoms with Gasteiger partial charge in [0.2, 0.25) is 5.91 Å². The molecule has 1 atom stereocenters. The number of amides is 1. The molecular weight excluding hydrogens is 336 g/mol. The molecule has 4 nitrogen and oxygen atoms in total. The van der Waals surface area contributed by atoms with Crippen LogP contribution in [0.2, 0.25) is 0 Å². The maximum Gasteiger partial charge on any atom is 0.227 e. The van der Waals surface area contributed by atoms with Crippen molar-refractivity contribution in [3.8, 4) is 5.75 Å². The van der Waals surface area contributed by atoms with Gasteiger partial charge in [0, 0.05) is 25.2 Å². The van der Waals surface area contributed by atoms with Gasteiger partial charge in [0.05, 0.1) is 13.0 Å². The quantitative estimate of drug-likeness (QED) is 0.657. The molecule has 0 aromatic heterocycles. The molecule has 0 heterocycles. The molecule has 1 unspecified atom stereocenters. The second kappa shape index (κ2) is 9.75. The molecule has 2 aromatic carbocycles. The highest BCUT2D eigenvalue weighted by Crippen LogP contribution is 2.25. The van der Waals surface area contributed by atoms with Gasteiger partial charge in [0.1, 0.15) is 5.75 Å². The van der Waals surface area contributed by atoms with E-state index in [1.807, 2.05) is 31.2 Å². The highest BCUT2D eigenvalue weighted by Gasteiger charge is 2.16. The maximum atomic E-state index is 12.5. The Kier molecular flexibility index (Phi) is 7.66. The smallest absolute Gasteiger partial charge is 0.227 e. The van der Waals surface area contributed by atoms with E-state index in [2.05, 4.69) is 50.0 Å². The Morgan fingerprint density at radius 3 is 2.26 bits per heavy atom. The zero-order valence-corrected chi connectivity index (χ0v) is 17.6. The van der Waals surface area contributed by atoms with E-state index >= 15 is 0 Å². The minimum atomic E-state index is -0.164. The third-order valence-corrected chi connectivity index (χ3v) is 5.18. The van der Waals surface area contributed by atoms with Crippen LogP contribution in [-0.2, 0) is 4.79 Å². The Morgan fingerprint density at radius 2 is 1.63 bits per heavy atom. The average molecular weight is 371 g/mol. The first kappa shape index (κ1) is 21.2. The Labute approximate surface area is 163 Å². The van der Waals surface area contributed by atoms with Gasteiger partial charge in [-0.25, -0.2) is 0 Å². The van der Waals surface area contributed by atoms with Crippen molar-refractivity contribution in [2.75, 3.05) is 20.2 Å². The monoisotopic (exact) mass is 370 g/mol. The summed E-state index contributed by atoms with van der Waals surface area (Å²) in [5.41, 5.74) is 1.04. The summed E-state index contributed by atoms with van der Waals surface area (Å²) in [6.45, 7) is 12.6. The number of benzene rings is 2. The highest BCUT2D eigenvalue weighted by molar-refractivity contribution is 5.88. The van der Waals surface area contributed by atoms with Crippen LogP contribution in [0.15, 0.2) is 36.4 Å². The van der Waals surface area contributed by atoms with Crippen LogP contribution in [0.25, 0.3) is 10.8 Å². The van der Waals surface area contributed by atoms with Gasteiger partial charge in [-0.1, -0.05) is 24.3 Å². The lowest BCUT2D eigenvalue weighted by Crippen LogP contribution is -2.39. The summed E-state index contributed by atoms with van der Waals surface area (Å²) >= 11 is 0. The van der Waals surface area contributed by atoms with E-state index in [1.54, 1.807) is 7.11 Å². The number of rotatable bonds is 9. The zero-order valence-electron chi connectivity index (χ0n) is 17.6. The van der Waals surface area contributed by atoms with Crippen LogP contribution in [-0.4, -0.2) is 43.1 Å². The molecule has 1 N–H and O–H groups in total. The van der Waals surface area contributed by atoms with Gasteiger partial charge in [-0.3, -0.25) is 9.69 Å². The van der Waals surface area contributed by atoms with Crippen LogP contribution in [0.5, 0.6) is 5.75 Å². The molecule has 0 bridgehead atoms. The minimum Gasteiger partial charge on any atom is -0.497 e. The molecule has 0 saturated carbocycles. The first-order chi connectivity index (χ1) is 12.8. The molecule has 0 aliphatic heterocycles. The predicted octanol–water partition coefficient (Wildman–Crippen LogP) is 4.58. The zero-order chi connectivity index (χ0) is 20.0. The summed E-state index contributed by atoms with van der Waals surface area (Å²) in [6.07, 6.45) is 0.965. The second-order valence-electron chi connectivity index (χ2n) is 7.76. The number of hydrogen-bond donors (Lipinski definition) is 1. The standard InChI is InChI=1S/C23H34N2O2/c1-16(2)25(17(3)4)13-7-12-24-23(26)18(5)19-8-9-21-15-22(27-6)11-10-20(21)14-19/h8-11,14-18H,7,12-13H2,1-6H3,(H,24,26). The Morgan fingerprint density at radius 1 is 1.00 bits per heavy atom. The molecule has 0 saturated heterocycles. The largest absolute Gasteiger partial charge is 0.497 e. The fourth-order valence-electron chi connectivity index (χ4n) is 3.53. The third kappa shape index (κ3) is 5.70. The van der Waals surface area contributed by atoms with Gasteiger partial charge in [-0.05, 0) is 69.5 Å². The molecule has 27 heavy (non-hydrogen) atoms. The van der Waals surface area contributed by atoms with E-state index in [-0.39, 0.29) is 11.8 Å². The van der Waals surface area contributed by atoms with Crippen LogP contribution in [0, 0.1) is 0 Å².